The Bertz CT molecular complexity index is 1120. The van der Waals surface area contributed by atoms with Crippen LogP contribution in [0.15, 0.2) is 53.6 Å². The zero-order valence-corrected chi connectivity index (χ0v) is 20.9. The van der Waals surface area contributed by atoms with E-state index in [1.165, 1.54) is 22.9 Å². The Morgan fingerprint density at radius 1 is 1.03 bits per heavy atom. The quantitative estimate of drug-likeness (QED) is 0.254. The Kier molecular flexibility index (Phi) is 8.92. The number of aryl methyl sites for hydroxylation is 1. The van der Waals surface area contributed by atoms with Crippen molar-refractivity contribution in [3.63, 3.8) is 0 Å². The van der Waals surface area contributed by atoms with Crippen molar-refractivity contribution in [2.45, 2.75) is 43.9 Å². The normalized spacial score (nSPS) is 14.6. The number of benzene rings is 2. The number of nitrogens with zero attached hydrogens (tertiary/aromatic N) is 2. The molecule has 0 atom stereocenters. The van der Waals surface area contributed by atoms with Crippen molar-refractivity contribution < 1.29 is 17.9 Å². The summed E-state index contributed by atoms with van der Waals surface area (Å²) in [7, 11) is 0. The van der Waals surface area contributed by atoms with Crippen molar-refractivity contribution in [3.8, 4) is 0 Å². The van der Waals surface area contributed by atoms with Gasteiger partial charge in [-0.05, 0) is 60.9 Å². The molecular weight excluding hydrogens is 471 g/mol. The fraction of sp³-hybridized carbons (Fsp3) is 0.444. The van der Waals surface area contributed by atoms with Gasteiger partial charge in [-0.2, -0.15) is 13.2 Å². The molecule has 1 aliphatic rings. The minimum atomic E-state index is -4.35. The number of unbranched alkanes of at least 4 members (excludes halogenated alkanes) is 2. The third kappa shape index (κ3) is 7.12. The third-order valence-corrected chi connectivity index (χ3v) is 7.37. The summed E-state index contributed by atoms with van der Waals surface area (Å²) in [5, 5.41) is 4.16. The van der Waals surface area contributed by atoms with Crippen molar-refractivity contribution in [1.82, 2.24) is 10.3 Å². The molecule has 0 amide bonds. The average Bonchev–Trinajstić information content (AvgIpc) is 2.85. The van der Waals surface area contributed by atoms with Crippen LogP contribution in [0.2, 0.25) is 0 Å². The molecule has 2 heterocycles. The second kappa shape index (κ2) is 12.1. The zero-order valence-electron chi connectivity index (χ0n) is 20.0. The first-order valence-electron chi connectivity index (χ1n) is 12.1. The van der Waals surface area contributed by atoms with Crippen LogP contribution >= 0.6 is 11.8 Å². The predicted molar refractivity (Wildman–Crippen MR) is 137 cm³/mol. The summed E-state index contributed by atoms with van der Waals surface area (Å²) in [6.45, 7) is 7.67. The molecular formula is C27H32F3N3OS. The maximum absolute atomic E-state index is 12.9. The van der Waals surface area contributed by atoms with Gasteiger partial charge in [0.1, 0.15) is 0 Å². The van der Waals surface area contributed by atoms with Crippen molar-refractivity contribution in [1.29, 1.82) is 0 Å². The highest BCUT2D eigenvalue weighted by Crippen LogP contribution is 2.34. The van der Waals surface area contributed by atoms with Crippen LogP contribution in [-0.4, -0.2) is 43.5 Å². The van der Waals surface area contributed by atoms with Crippen LogP contribution in [0.1, 0.15) is 36.0 Å². The summed E-state index contributed by atoms with van der Waals surface area (Å²) in [5.41, 5.74) is 3.54. The SMILES string of the molecule is Cc1cc(COCCCCCSc2ccnc3cc(C(F)(F)F)ccc23)ccc1N1CCNCC1. The minimum Gasteiger partial charge on any atom is -0.377 e. The number of piperazine rings is 1. The highest BCUT2D eigenvalue weighted by Gasteiger charge is 2.30. The van der Waals surface area contributed by atoms with E-state index in [4.69, 9.17) is 4.74 Å². The van der Waals surface area contributed by atoms with Gasteiger partial charge in [-0.15, -0.1) is 11.8 Å². The largest absolute Gasteiger partial charge is 0.416 e. The molecule has 4 nitrogen and oxygen atoms in total. The molecule has 0 aliphatic carbocycles. The van der Waals surface area contributed by atoms with E-state index in [1.54, 1.807) is 18.0 Å². The summed E-state index contributed by atoms with van der Waals surface area (Å²) in [5.74, 6) is 0.910. The van der Waals surface area contributed by atoms with Crippen LogP contribution in [0.3, 0.4) is 0 Å². The highest BCUT2D eigenvalue weighted by molar-refractivity contribution is 7.99. The first kappa shape index (κ1) is 25.8. The minimum absolute atomic E-state index is 0.384. The van der Waals surface area contributed by atoms with Crippen LogP contribution in [0, 0.1) is 6.92 Å². The van der Waals surface area contributed by atoms with E-state index < -0.39 is 11.7 Å². The average molecular weight is 504 g/mol. The lowest BCUT2D eigenvalue weighted by molar-refractivity contribution is -0.137. The summed E-state index contributed by atoms with van der Waals surface area (Å²) in [4.78, 5) is 7.52. The number of fused-ring (bicyclic) bond motifs is 1. The summed E-state index contributed by atoms with van der Waals surface area (Å²) < 4.78 is 44.7. The van der Waals surface area contributed by atoms with Gasteiger partial charge in [0.2, 0.25) is 0 Å². The van der Waals surface area contributed by atoms with Crippen molar-refractivity contribution in [2.75, 3.05) is 43.4 Å². The molecule has 4 rings (SSSR count). The lowest BCUT2D eigenvalue weighted by Crippen LogP contribution is -2.43. The fourth-order valence-electron chi connectivity index (χ4n) is 4.35. The molecule has 0 saturated carbocycles. The molecule has 35 heavy (non-hydrogen) atoms. The first-order chi connectivity index (χ1) is 16.9. The summed E-state index contributed by atoms with van der Waals surface area (Å²) in [6, 6.07) is 12.3. The molecule has 3 aromatic rings. The second-order valence-corrected chi connectivity index (χ2v) is 10.00. The number of anilines is 1. The molecule has 1 aromatic heterocycles. The van der Waals surface area contributed by atoms with Gasteiger partial charge in [-0.3, -0.25) is 4.98 Å². The van der Waals surface area contributed by atoms with Crippen molar-refractivity contribution in [2.24, 2.45) is 0 Å². The monoisotopic (exact) mass is 503 g/mol. The number of hydrogen-bond donors (Lipinski definition) is 1. The van der Waals surface area contributed by atoms with E-state index in [1.807, 2.05) is 6.07 Å². The van der Waals surface area contributed by atoms with E-state index in [9.17, 15) is 13.2 Å². The van der Waals surface area contributed by atoms with Gasteiger partial charge in [0.05, 0.1) is 17.7 Å². The number of aromatic nitrogens is 1. The summed E-state index contributed by atoms with van der Waals surface area (Å²) >= 11 is 1.67. The number of rotatable bonds is 10. The molecule has 2 aromatic carbocycles. The maximum Gasteiger partial charge on any atom is 0.416 e. The van der Waals surface area contributed by atoms with Gasteiger partial charge in [0, 0.05) is 55.0 Å². The standard InChI is InChI=1S/C27H32F3N3OS/c1-20-17-21(5-8-25(20)33-13-11-31-12-14-33)19-34-15-3-2-4-16-35-26-9-10-32-24-18-22(27(28,29)30)6-7-23(24)26/h5-10,17-18,31H,2-4,11-16,19H2,1H3. The Morgan fingerprint density at radius 2 is 1.86 bits per heavy atom. The van der Waals surface area contributed by atoms with Crippen LogP contribution < -0.4 is 10.2 Å². The number of thioether (sulfide) groups is 1. The van der Waals surface area contributed by atoms with Gasteiger partial charge in [-0.1, -0.05) is 24.6 Å². The van der Waals surface area contributed by atoms with E-state index >= 15 is 0 Å². The van der Waals surface area contributed by atoms with E-state index in [-0.39, 0.29) is 0 Å². The first-order valence-corrected chi connectivity index (χ1v) is 13.1. The molecule has 0 unspecified atom stereocenters. The molecule has 0 spiro atoms. The number of pyridine rings is 1. The molecule has 188 valence electrons. The zero-order chi connectivity index (χ0) is 24.7. The molecule has 8 heteroatoms. The molecule has 0 radical (unpaired) electrons. The van der Waals surface area contributed by atoms with Crippen LogP contribution in [0.5, 0.6) is 0 Å². The molecule has 1 saturated heterocycles. The van der Waals surface area contributed by atoms with E-state index in [0.29, 0.717) is 12.1 Å². The van der Waals surface area contributed by atoms with Gasteiger partial charge >= 0.3 is 6.18 Å². The lowest BCUT2D eigenvalue weighted by atomic mass is 10.1. The predicted octanol–water partition coefficient (Wildman–Crippen LogP) is 6.45. The lowest BCUT2D eigenvalue weighted by Gasteiger charge is -2.30. The number of ether oxygens (including phenoxy) is 1. The topological polar surface area (TPSA) is 37.4 Å². The highest BCUT2D eigenvalue weighted by atomic mass is 32.2. The Labute approximate surface area is 209 Å². The van der Waals surface area contributed by atoms with Gasteiger partial charge < -0.3 is 15.0 Å². The van der Waals surface area contributed by atoms with Gasteiger partial charge in [0.15, 0.2) is 0 Å². The van der Waals surface area contributed by atoms with Crippen LogP contribution in [0.25, 0.3) is 10.9 Å². The fourth-order valence-corrected chi connectivity index (χ4v) is 5.40. The van der Waals surface area contributed by atoms with Gasteiger partial charge in [0.25, 0.3) is 0 Å². The van der Waals surface area contributed by atoms with Crippen molar-refractivity contribution in [3.05, 3.63) is 65.4 Å². The Morgan fingerprint density at radius 3 is 2.63 bits per heavy atom. The molecule has 1 fully saturated rings. The van der Waals surface area contributed by atoms with Crippen molar-refractivity contribution >= 4 is 28.4 Å². The van der Waals surface area contributed by atoms with E-state index in [0.717, 1.165) is 80.2 Å². The number of halogens is 3. The Balaban J connectivity index is 1.15. The summed E-state index contributed by atoms with van der Waals surface area (Å²) in [6.07, 6.45) is 0.293. The maximum atomic E-state index is 12.9. The number of nitrogens with one attached hydrogen (secondary N) is 1. The van der Waals surface area contributed by atoms with Gasteiger partial charge in [-0.25, -0.2) is 0 Å². The number of hydrogen-bond acceptors (Lipinski definition) is 5. The van der Waals surface area contributed by atoms with E-state index in [2.05, 4.69) is 40.3 Å². The van der Waals surface area contributed by atoms with Crippen LogP contribution in [0.4, 0.5) is 18.9 Å². The smallest absolute Gasteiger partial charge is 0.377 e. The molecule has 1 aliphatic heterocycles. The number of alkyl halides is 3. The van der Waals surface area contributed by atoms with Crippen LogP contribution in [-0.2, 0) is 17.5 Å². The molecule has 0 bridgehead atoms. The Hall–Kier alpha value is -2.29. The molecule has 1 N–H and O–H groups in total. The second-order valence-electron chi connectivity index (χ2n) is 8.86. The third-order valence-electron chi connectivity index (χ3n) is 6.21.